The summed E-state index contributed by atoms with van der Waals surface area (Å²) in [5.74, 6) is 1.60. The first kappa shape index (κ1) is 19.7. The number of methoxy groups -OCH3 is 1. The molecule has 1 saturated heterocycles. The number of morpholine rings is 1. The molecular weight excluding hydrogens is 394 g/mol. The molecular formula is C25H25NO5. The maximum absolute atomic E-state index is 13.1. The van der Waals surface area contributed by atoms with Gasteiger partial charge in [0.25, 0.3) is 0 Å². The molecule has 0 atom stereocenters. The molecule has 160 valence electrons. The summed E-state index contributed by atoms with van der Waals surface area (Å²) >= 11 is 0. The SMILES string of the molecule is COc1cc2c(c3oc(-c4ccc(N5CCOCC5)cc4)cc(=O)c13)C=CC(C)(C)O2. The number of fused-ring (bicyclic) bond motifs is 3. The van der Waals surface area contributed by atoms with E-state index >= 15 is 0 Å². The molecule has 1 fully saturated rings. The summed E-state index contributed by atoms with van der Waals surface area (Å²) in [7, 11) is 1.54. The van der Waals surface area contributed by atoms with Gasteiger partial charge in [0.2, 0.25) is 0 Å². The zero-order valence-electron chi connectivity index (χ0n) is 17.9. The Kier molecular flexibility index (Phi) is 4.74. The molecule has 6 nitrogen and oxygen atoms in total. The number of ether oxygens (including phenoxy) is 3. The Labute approximate surface area is 180 Å². The lowest BCUT2D eigenvalue weighted by Crippen LogP contribution is -2.36. The summed E-state index contributed by atoms with van der Waals surface area (Å²) in [6.45, 7) is 7.18. The van der Waals surface area contributed by atoms with Crippen LogP contribution in [0.15, 0.2) is 51.7 Å². The molecule has 3 heterocycles. The molecule has 6 heteroatoms. The summed E-state index contributed by atoms with van der Waals surface area (Å²) in [6.07, 6.45) is 3.92. The number of benzene rings is 2. The average Bonchev–Trinajstić information content (AvgIpc) is 2.78. The molecule has 0 amide bonds. The molecule has 5 rings (SSSR count). The van der Waals surface area contributed by atoms with Crippen LogP contribution in [0.3, 0.4) is 0 Å². The molecule has 1 aromatic heterocycles. The minimum absolute atomic E-state index is 0.147. The molecule has 2 aliphatic rings. The van der Waals surface area contributed by atoms with Crippen molar-refractivity contribution in [1.82, 2.24) is 0 Å². The van der Waals surface area contributed by atoms with Crippen LogP contribution in [0.25, 0.3) is 28.4 Å². The molecule has 2 aliphatic heterocycles. The Bertz CT molecular complexity index is 1220. The number of anilines is 1. The second kappa shape index (κ2) is 7.46. The minimum atomic E-state index is -0.446. The van der Waals surface area contributed by atoms with Gasteiger partial charge < -0.3 is 23.5 Å². The van der Waals surface area contributed by atoms with Gasteiger partial charge >= 0.3 is 0 Å². The first-order valence-corrected chi connectivity index (χ1v) is 10.5. The van der Waals surface area contributed by atoms with E-state index in [0.717, 1.165) is 43.1 Å². The van der Waals surface area contributed by atoms with Gasteiger partial charge in [-0.15, -0.1) is 0 Å². The Morgan fingerprint density at radius 2 is 1.81 bits per heavy atom. The second-order valence-electron chi connectivity index (χ2n) is 8.35. The minimum Gasteiger partial charge on any atom is -0.496 e. The lowest BCUT2D eigenvalue weighted by atomic mass is 9.99. The third-order valence-corrected chi connectivity index (χ3v) is 5.74. The van der Waals surface area contributed by atoms with E-state index in [1.165, 1.54) is 6.07 Å². The van der Waals surface area contributed by atoms with Crippen LogP contribution in [0.1, 0.15) is 19.4 Å². The third kappa shape index (κ3) is 3.57. The van der Waals surface area contributed by atoms with Crippen molar-refractivity contribution in [2.75, 3.05) is 38.3 Å². The lowest BCUT2D eigenvalue weighted by Gasteiger charge is -2.29. The van der Waals surface area contributed by atoms with Crippen LogP contribution in [-0.4, -0.2) is 39.0 Å². The molecule has 0 bridgehead atoms. The number of nitrogens with zero attached hydrogens (tertiary/aromatic N) is 1. The van der Waals surface area contributed by atoms with Gasteiger partial charge in [0.05, 0.1) is 25.9 Å². The highest BCUT2D eigenvalue weighted by atomic mass is 16.5. The molecule has 0 unspecified atom stereocenters. The fourth-order valence-corrected chi connectivity index (χ4v) is 4.10. The van der Waals surface area contributed by atoms with E-state index in [1.54, 1.807) is 13.2 Å². The van der Waals surface area contributed by atoms with Crippen molar-refractivity contribution in [2.24, 2.45) is 0 Å². The molecule has 2 aromatic carbocycles. The van der Waals surface area contributed by atoms with Crippen molar-refractivity contribution >= 4 is 22.7 Å². The van der Waals surface area contributed by atoms with Crippen LogP contribution >= 0.6 is 0 Å². The van der Waals surface area contributed by atoms with Crippen LogP contribution in [0, 0.1) is 0 Å². The predicted molar refractivity (Wildman–Crippen MR) is 121 cm³/mol. The van der Waals surface area contributed by atoms with Gasteiger partial charge in [-0.2, -0.15) is 0 Å². The highest BCUT2D eigenvalue weighted by molar-refractivity contribution is 5.94. The van der Waals surface area contributed by atoms with Gasteiger partial charge in [0.15, 0.2) is 11.0 Å². The average molecular weight is 419 g/mol. The topological polar surface area (TPSA) is 61.1 Å². The summed E-state index contributed by atoms with van der Waals surface area (Å²) in [4.78, 5) is 15.3. The fraction of sp³-hybridized carbons (Fsp3) is 0.320. The molecule has 31 heavy (non-hydrogen) atoms. The summed E-state index contributed by atoms with van der Waals surface area (Å²) < 4.78 is 23.3. The Balaban J connectivity index is 1.61. The van der Waals surface area contributed by atoms with Gasteiger partial charge in [-0.3, -0.25) is 4.79 Å². The van der Waals surface area contributed by atoms with Gasteiger partial charge in [-0.05, 0) is 50.3 Å². The van der Waals surface area contributed by atoms with E-state index in [4.69, 9.17) is 18.6 Å². The van der Waals surface area contributed by atoms with Crippen molar-refractivity contribution in [1.29, 1.82) is 0 Å². The van der Waals surface area contributed by atoms with Crippen LogP contribution < -0.4 is 19.8 Å². The van der Waals surface area contributed by atoms with Crippen LogP contribution in [-0.2, 0) is 4.74 Å². The van der Waals surface area contributed by atoms with Crippen molar-refractivity contribution in [3.05, 3.63) is 58.3 Å². The third-order valence-electron chi connectivity index (χ3n) is 5.74. The molecule has 0 aliphatic carbocycles. The molecule has 3 aromatic rings. The van der Waals surface area contributed by atoms with E-state index in [2.05, 4.69) is 17.0 Å². The Hall–Kier alpha value is -3.25. The van der Waals surface area contributed by atoms with Gasteiger partial charge in [0.1, 0.15) is 28.2 Å². The van der Waals surface area contributed by atoms with Gasteiger partial charge in [0, 0.05) is 36.5 Å². The van der Waals surface area contributed by atoms with Crippen molar-refractivity contribution < 1.29 is 18.6 Å². The van der Waals surface area contributed by atoms with E-state index in [0.29, 0.717) is 28.2 Å². The van der Waals surface area contributed by atoms with Crippen molar-refractivity contribution in [3.63, 3.8) is 0 Å². The van der Waals surface area contributed by atoms with Crippen molar-refractivity contribution in [3.8, 4) is 22.8 Å². The quantitative estimate of drug-likeness (QED) is 0.623. The lowest BCUT2D eigenvalue weighted by molar-refractivity contribution is 0.122. The first-order chi connectivity index (χ1) is 14.9. The maximum Gasteiger partial charge on any atom is 0.197 e. The highest BCUT2D eigenvalue weighted by Crippen LogP contribution is 2.41. The maximum atomic E-state index is 13.1. The van der Waals surface area contributed by atoms with Crippen LogP contribution in [0.2, 0.25) is 0 Å². The fourth-order valence-electron chi connectivity index (χ4n) is 4.10. The Morgan fingerprint density at radius 1 is 1.06 bits per heavy atom. The molecule has 0 saturated carbocycles. The normalized spacial score (nSPS) is 17.3. The number of hydrogen-bond donors (Lipinski definition) is 0. The zero-order chi connectivity index (χ0) is 21.6. The first-order valence-electron chi connectivity index (χ1n) is 10.5. The summed E-state index contributed by atoms with van der Waals surface area (Å²) in [6, 6.07) is 11.4. The molecule has 0 N–H and O–H groups in total. The van der Waals surface area contributed by atoms with Gasteiger partial charge in [-0.1, -0.05) is 0 Å². The smallest absolute Gasteiger partial charge is 0.197 e. The van der Waals surface area contributed by atoms with E-state index in [1.807, 2.05) is 38.1 Å². The molecule has 0 radical (unpaired) electrons. The van der Waals surface area contributed by atoms with E-state index in [9.17, 15) is 4.79 Å². The van der Waals surface area contributed by atoms with E-state index in [-0.39, 0.29) is 5.43 Å². The highest BCUT2D eigenvalue weighted by Gasteiger charge is 2.27. The predicted octanol–water partition coefficient (Wildman–Crippen LogP) is 4.49. The molecule has 0 spiro atoms. The second-order valence-corrected chi connectivity index (χ2v) is 8.35. The monoisotopic (exact) mass is 419 g/mol. The van der Waals surface area contributed by atoms with Gasteiger partial charge in [-0.25, -0.2) is 0 Å². The largest absolute Gasteiger partial charge is 0.496 e. The Morgan fingerprint density at radius 3 is 2.52 bits per heavy atom. The number of hydrogen-bond acceptors (Lipinski definition) is 6. The summed E-state index contributed by atoms with van der Waals surface area (Å²) in [5, 5.41) is 0.419. The van der Waals surface area contributed by atoms with Crippen LogP contribution in [0.4, 0.5) is 5.69 Å². The standard InChI is InChI=1S/C25H25NO5/c1-25(2)9-8-18-21(31-25)15-22(28-3)23-19(27)14-20(30-24(18)23)16-4-6-17(7-5-16)26-10-12-29-13-11-26/h4-9,14-15H,10-13H2,1-3H3. The van der Waals surface area contributed by atoms with Crippen molar-refractivity contribution in [2.45, 2.75) is 19.4 Å². The van der Waals surface area contributed by atoms with E-state index < -0.39 is 5.60 Å². The van der Waals surface area contributed by atoms with Crippen LogP contribution in [0.5, 0.6) is 11.5 Å². The number of rotatable bonds is 3. The zero-order valence-corrected chi connectivity index (χ0v) is 17.9. The summed E-state index contributed by atoms with van der Waals surface area (Å²) in [5.41, 5.74) is 2.60.